The van der Waals surface area contributed by atoms with Gasteiger partial charge in [-0.3, -0.25) is 4.68 Å². The zero-order valence-electron chi connectivity index (χ0n) is 11.7. The number of aromatic nitrogens is 2. The van der Waals surface area contributed by atoms with Gasteiger partial charge < -0.3 is 5.73 Å². The molecule has 0 amide bonds. The van der Waals surface area contributed by atoms with Crippen LogP contribution in [0.2, 0.25) is 0 Å². The van der Waals surface area contributed by atoms with Gasteiger partial charge in [0.2, 0.25) is 0 Å². The SMILES string of the molecule is Cc1ccccc1CSC(c1cnn(C)c1)C(C)N. The molecule has 0 aliphatic heterocycles. The molecule has 19 heavy (non-hydrogen) atoms. The predicted molar refractivity (Wildman–Crippen MR) is 82.1 cm³/mol. The lowest BCUT2D eigenvalue weighted by atomic mass is 10.1. The molecule has 1 aromatic heterocycles. The normalized spacial score (nSPS) is 14.3. The van der Waals surface area contributed by atoms with E-state index in [-0.39, 0.29) is 11.3 Å². The third-order valence-corrected chi connectivity index (χ3v) is 4.75. The highest BCUT2D eigenvalue weighted by Crippen LogP contribution is 2.34. The second-order valence-corrected chi connectivity index (χ2v) is 6.09. The summed E-state index contributed by atoms with van der Waals surface area (Å²) < 4.78 is 1.83. The van der Waals surface area contributed by atoms with E-state index >= 15 is 0 Å². The minimum absolute atomic E-state index is 0.109. The fourth-order valence-electron chi connectivity index (χ4n) is 2.09. The smallest absolute Gasteiger partial charge is 0.0533 e. The van der Waals surface area contributed by atoms with Gasteiger partial charge in [0.15, 0.2) is 0 Å². The van der Waals surface area contributed by atoms with Crippen LogP contribution in [0.15, 0.2) is 36.7 Å². The van der Waals surface area contributed by atoms with Gasteiger partial charge in [-0.1, -0.05) is 24.3 Å². The van der Waals surface area contributed by atoms with Gasteiger partial charge in [-0.05, 0) is 25.0 Å². The van der Waals surface area contributed by atoms with Crippen molar-refractivity contribution in [3.63, 3.8) is 0 Å². The van der Waals surface area contributed by atoms with Crippen LogP contribution in [0, 0.1) is 6.92 Å². The van der Waals surface area contributed by atoms with E-state index in [0.29, 0.717) is 0 Å². The first kappa shape index (κ1) is 14.2. The van der Waals surface area contributed by atoms with E-state index in [2.05, 4.69) is 49.4 Å². The van der Waals surface area contributed by atoms with Crippen molar-refractivity contribution >= 4 is 11.8 Å². The Kier molecular flexibility index (Phi) is 4.66. The fourth-order valence-corrected chi connectivity index (χ4v) is 3.39. The molecule has 2 atom stereocenters. The van der Waals surface area contributed by atoms with Crippen molar-refractivity contribution in [3.05, 3.63) is 53.3 Å². The molecule has 0 saturated carbocycles. The molecule has 0 aliphatic rings. The molecule has 1 heterocycles. The van der Waals surface area contributed by atoms with Gasteiger partial charge in [-0.15, -0.1) is 11.8 Å². The molecule has 1 aromatic carbocycles. The third-order valence-electron chi connectivity index (χ3n) is 3.21. The van der Waals surface area contributed by atoms with E-state index in [1.807, 2.05) is 29.7 Å². The van der Waals surface area contributed by atoms with Crippen molar-refractivity contribution in [2.24, 2.45) is 12.8 Å². The Morgan fingerprint density at radius 1 is 1.37 bits per heavy atom. The molecule has 0 fully saturated rings. The predicted octanol–water partition coefficient (Wildman–Crippen LogP) is 3.05. The average molecular weight is 275 g/mol. The number of nitrogens with zero attached hydrogens (tertiary/aromatic N) is 2. The van der Waals surface area contributed by atoms with E-state index in [1.54, 1.807) is 0 Å². The van der Waals surface area contributed by atoms with Crippen LogP contribution in [0.1, 0.15) is 28.9 Å². The zero-order valence-corrected chi connectivity index (χ0v) is 12.5. The van der Waals surface area contributed by atoms with E-state index in [1.165, 1.54) is 16.7 Å². The molecule has 2 N–H and O–H groups in total. The van der Waals surface area contributed by atoms with Crippen LogP contribution in [0.5, 0.6) is 0 Å². The van der Waals surface area contributed by atoms with Gasteiger partial charge in [0.1, 0.15) is 0 Å². The highest BCUT2D eigenvalue weighted by molar-refractivity contribution is 7.98. The summed E-state index contributed by atoms with van der Waals surface area (Å²) >= 11 is 1.88. The van der Waals surface area contributed by atoms with Crippen LogP contribution in [0.3, 0.4) is 0 Å². The monoisotopic (exact) mass is 275 g/mol. The summed E-state index contributed by atoms with van der Waals surface area (Å²) in [6.45, 7) is 4.21. The number of thioether (sulfide) groups is 1. The topological polar surface area (TPSA) is 43.8 Å². The van der Waals surface area contributed by atoms with Crippen molar-refractivity contribution < 1.29 is 0 Å². The van der Waals surface area contributed by atoms with Crippen LogP contribution in [0.25, 0.3) is 0 Å². The van der Waals surface area contributed by atoms with Gasteiger partial charge in [0, 0.05) is 35.9 Å². The van der Waals surface area contributed by atoms with Gasteiger partial charge in [0.05, 0.1) is 6.20 Å². The summed E-state index contributed by atoms with van der Waals surface area (Å²) in [6, 6.07) is 8.62. The molecule has 0 saturated heterocycles. The maximum absolute atomic E-state index is 6.12. The minimum Gasteiger partial charge on any atom is -0.327 e. The lowest BCUT2D eigenvalue weighted by Gasteiger charge is -2.19. The molecule has 2 rings (SSSR count). The van der Waals surface area contributed by atoms with Crippen LogP contribution in [-0.2, 0) is 12.8 Å². The summed E-state index contributed by atoms with van der Waals surface area (Å²) in [5.41, 5.74) is 10.0. The Labute approximate surface area is 119 Å². The summed E-state index contributed by atoms with van der Waals surface area (Å²) in [4.78, 5) is 0. The van der Waals surface area contributed by atoms with Crippen molar-refractivity contribution in [1.29, 1.82) is 0 Å². The Morgan fingerprint density at radius 2 is 2.11 bits per heavy atom. The lowest BCUT2D eigenvalue weighted by Crippen LogP contribution is -2.22. The maximum atomic E-state index is 6.12. The number of aryl methyl sites for hydroxylation is 2. The molecule has 0 aliphatic carbocycles. The third kappa shape index (κ3) is 3.61. The standard InChI is InChI=1S/C15H21N3S/c1-11-6-4-5-7-13(11)10-19-15(12(2)16)14-8-17-18(3)9-14/h4-9,12,15H,10,16H2,1-3H3. The quantitative estimate of drug-likeness (QED) is 0.912. The highest BCUT2D eigenvalue weighted by Gasteiger charge is 2.18. The molecule has 2 unspecified atom stereocenters. The summed E-state index contributed by atoms with van der Waals surface area (Å²) in [5, 5.41) is 4.53. The molecule has 0 spiro atoms. The molecular formula is C15H21N3S. The molecule has 2 aromatic rings. The number of benzene rings is 1. The second-order valence-electron chi connectivity index (χ2n) is 4.96. The molecule has 102 valence electrons. The molecule has 3 nitrogen and oxygen atoms in total. The number of nitrogens with two attached hydrogens (primary N) is 1. The van der Waals surface area contributed by atoms with Crippen molar-refractivity contribution in [1.82, 2.24) is 9.78 Å². The Balaban J connectivity index is 2.08. The van der Waals surface area contributed by atoms with Crippen LogP contribution < -0.4 is 5.73 Å². The molecule has 0 radical (unpaired) electrons. The van der Waals surface area contributed by atoms with Crippen LogP contribution in [0.4, 0.5) is 0 Å². The van der Waals surface area contributed by atoms with Crippen molar-refractivity contribution in [3.8, 4) is 0 Å². The first-order chi connectivity index (χ1) is 9.08. The molecule has 0 bridgehead atoms. The zero-order chi connectivity index (χ0) is 13.8. The lowest BCUT2D eigenvalue weighted by molar-refractivity contribution is 0.718. The van der Waals surface area contributed by atoms with Gasteiger partial charge in [-0.2, -0.15) is 5.10 Å². The Hall–Kier alpha value is -1.26. The largest absolute Gasteiger partial charge is 0.327 e. The van der Waals surface area contributed by atoms with Gasteiger partial charge >= 0.3 is 0 Å². The summed E-state index contributed by atoms with van der Waals surface area (Å²) in [6.07, 6.45) is 3.97. The second kappa shape index (κ2) is 6.26. The van der Waals surface area contributed by atoms with Gasteiger partial charge in [0.25, 0.3) is 0 Å². The number of hydrogen-bond acceptors (Lipinski definition) is 3. The Morgan fingerprint density at radius 3 is 2.68 bits per heavy atom. The van der Waals surface area contributed by atoms with E-state index in [0.717, 1.165) is 5.75 Å². The van der Waals surface area contributed by atoms with Gasteiger partial charge in [-0.25, -0.2) is 0 Å². The summed E-state index contributed by atoms with van der Waals surface area (Å²) in [7, 11) is 1.94. The summed E-state index contributed by atoms with van der Waals surface area (Å²) in [5.74, 6) is 0.980. The average Bonchev–Trinajstić information content (AvgIpc) is 2.78. The van der Waals surface area contributed by atoms with E-state index < -0.39 is 0 Å². The van der Waals surface area contributed by atoms with E-state index in [9.17, 15) is 0 Å². The first-order valence-electron chi connectivity index (χ1n) is 6.48. The fraction of sp³-hybridized carbons (Fsp3) is 0.400. The molecule has 4 heteroatoms. The molecular weight excluding hydrogens is 254 g/mol. The van der Waals surface area contributed by atoms with E-state index in [4.69, 9.17) is 5.73 Å². The number of hydrogen-bond donors (Lipinski definition) is 1. The first-order valence-corrected chi connectivity index (χ1v) is 7.53. The minimum atomic E-state index is 0.109. The van der Waals surface area contributed by atoms with Crippen LogP contribution >= 0.6 is 11.8 Å². The van der Waals surface area contributed by atoms with Crippen LogP contribution in [-0.4, -0.2) is 15.8 Å². The van der Waals surface area contributed by atoms with Crippen molar-refractivity contribution in [2.75, 3.05) is 0 Å². The Bertz CT molecular complexity index is 534. The number of rotatable bonds is 5. The highest BCUT2D eigenvalue weighted by atomic mass is 32.2. The maximum Gasteiger partial charge on any atom is 0.0533 e. The van der Waals surface area contributed by atoms with Crippen molar-refractivity contribution in [2.45, 2.75) is 30.9 Å².